The Bertz CT molecular complexity index is 816. The molecule has 5 nitrogen and oxygen atoms in total. The Morgan fingerprint density at radius 3 is 2.29 bits per heavy atom. The van der Waals surface area contributed by atoms with Gasteiger partial charge in [0, 0.05) is 30.8 Å². The Hall–Kier alpha value is -2.27. The van der Waals surface area contributed by atoms with E-state index in [2.05, 4.69) is 4.90 Å². The first-order valence-electron chi connectivity index (χ1n) is 10.6. The molecule has 1 aromatic carbocycles. The number of aromatic nitrogens is 1. The number of nitrogens with zero attached hydrogens (tertiary/aromatic N) is 2. The molecule has 1 aliphatic heterocycles. The highest BCUT2D eigenvalue weighted by atomic mass is 16.7. The number of ether oxygens (including phenoxy) is 1. The zero-order chi connectivity index (χ0) is 19.3. The molecule has 0 atom stereocenters. The van der Waals surface area contributed by atoms with E-state index < -0.39 is 0 Å². The maximum absolute atomic E-state index is 11.8. The van der Waals surface area contributed by atoms with Crippen molar-refractivity contribution in [3.8, 4) is 16.9 Å². The molecule has 1 aliphatic carbocycles. The fourth-order valence-electron chi connectivity index (χ4n) is 4.42. The number of piperidine rings is 1. The van der Waals surface area contributed by atoms with Crippen LogP contribution in [-0.2, 0) is 0 Å². The Balaban J connectivity index is 1.35. The normalized spacial score (nSPS) is 19.0. The Morgan fingerprint density at radius 1 is 0.929 bits per heavy atom. The van der Waals surface area contributed by atoms with Gasteiger partial charge < -0.3 is 14.5 Å². The summed E-state index contributed by atoms with van der Waals surface area (Å²) in [6, 6.07) is 12.3. The van der Waals surface area contributed by atoms with Gasteiger partial charge in [0.25, 0.3) is 5.56 Å². The van der Waals surface area contributed by atoms with Crippen LogP contribution in [0.3, 0.4) is 0 Å². The number of likely N-dealkylation sites (tertiary alicyclic amines) is 1. The summed E-state index contributed by atoms with van der Waals surface area (Å²) in [5.74, 6) is 0.918. The lowest BCUT2D eigenvalue weighted by Crippen LogP contribution is -2.43. The van der Waals surface area contributed by atoms with E-state index in [1.165, 1.54) is 36.5 Å². The molecule has 5 heteroatoms. The lowest BCUT2D eigenvalue weighted by Gasteiger charge is -2.36. The van der Waals surface area contributed by atoms with Crippen molar-refractivity contribution in [2.45, 2.75) is 57.6 Å². The molecule has 0 spiro atoms. The van der Waals surface area contributed by atoms with E-state index >= 15 is 0 Å². The summed E-state index contributed by atoms with van der Waals surface area (Å²) >= 11 is 0. The third kappa shape index (κ3) is 4.41. The van der Waals surface area contributed by atoms with Crippen LogP contribution in [0.2, 0.25) is 0 Å². The molecule has 2 heterocycles. The standard InChI is InChI=1S/C23H30N2O3/c1-2-27-25-17-19(9-12-23(25)26)18-7-10-21(11-8-18)28-22-13-15-24(16-14-22)20-5-3-4-6-20/h7-12,17,20,22H,2-6,13-16H2,1H3. The van der Waals surface area contributed by atoms with Crippen LogP contribution in [0, 0.1) is 0 Å². The molecule has 2 aliphatic rings. The van der Waals surface area contributed by atoms with Crippen molar-refractivity contribution >= 4 is 0 Å². The van der Waals surface area contributed by atoms with Gasteiger partial charge in [-0.05, 0) is 56.4 Å². The third-order valence-corrected chi connectivity index (χ3v) is 5.96. The Kier molecular flexibility index (Phi) is 6.01. The first kappa shape index (κ1) is 19.1. The van der Waals surface area contributed by atoms with Crippen LogP contribution in [0.15, 0.2) is 47.4 Å². The maximum atomic E-state index is 11.8. The van der Waals surface area contributed by atoms with Gasteiger partial charge in [-0.2, -0.15) is 4.73 Å². The largest absolute Gasteiger partial charge is 0.490 e. The van der Waals surface area contributed by atoms with E-state index in [1.54, 1.807) is 6.20 Å². The first-order valence-corrected chi connectivity index (χ1v) is 10.6. The van der Waals surface area contributed by atoms with Crippen LogP contribution < -0.4 is 15.1 Å². The first-order chi connectivity index (χ1) is 13.7. The summed E-state index contributed by atoms with van der Waals surface area (Å²) in [5.41, 5.74) is 1.83. The molecule has 150 valence electrons. The lowest BCUT2D eigenvalue weighted by atomic mass is 10.0. The van der Waals surface area contributed by atoms with E-state index in [9.17, 15) is 4.79 Å². The predicted molar refractivity (Wildman–Crippen MR) is 111 cm³/mol. The van der Waals surface area contributed by atoms with Crippen LogP contribution in [0.1, 0.15) is 45.4 Å². The fraction of sp³-hybridized carbons (Fsp3) is 0.522. The molecular weight excluding hydrogens is 352 g/mol. The van der Waals surface area contributed by atoms with Crippen molar-refractivity contribution in [1.82, 2.24) is 9.63 Å². The number of rotatable bonds is 6. The van der Waals surface area contributed by atoms with Crippen molar-refractivity contribution in [3.63, 3.8) is 0 Å². The van der Waals surface area contributed by atoms with Gasteiger partial charge in [-0.25, -0.2) is 0 Å². The van der Waals surface area contributed by atoms with Gasteiger partial charge in [0.2, 0.25) is 0 Å². The second-order valence-corrected chi connectivity index (χ2v) is 7.82. The maximum Gasteiger partial charge on any atom is 0.282 e. The molecule has 1 saturated heterocycles. The second kappa shape index (κ2) is 8.82. The van der Waals surface area contributed by atoms with E-state index in [0.717, 1.165) is 48.8 Å². The van der Waals surface area contributed by atoms with Crippen LogP contribution in [0.4, 0.5) is 0 Å². The molecule has 1 aromatic heterocycles. The molecule has 0 unspecified atom stereocenters. The minimum Gasteiger partial charge on any atom is -0.490 e. The zero-order valence-electron chi connectivity index (χ0n) is 16.7. The smallest absolute Gasteiger partial charge is 0.282 e. The average Bonchev–Trinajstić information content (AvgIpc) is 3.26. The average molecular weight is 383 g/mol. The van der Waals surface area contributed by atoms with E-state index in [-0.39, 0.29) is 5.56 Å². The summed E-state index contributed by atoms with van der Waals surface area (Å²) in [7, 11) is 0. The molecule has 0 amide bonds. The topological polar surface area (TPSA) is 43.7 Å². The predicted octanol–water partition coefficient (Wildman–Crippen LogP) is 3.75. The van der Waals surface area contributed by atoms with Crippen molar-refractivity contribution in [3.05, 3.63) is 52.9 Å². The fourth-order valence-corrected chi connectivity index (χ4v) is 4.42. The van der Waals surface area contributed by atoms with E-state index in [1.807, 2.05) is 37.3 Å². The van der Waals surface area contributed by atoms with Gasteiger partial charge >= 0.3 is 0 Å². The van der Waals surface area contributed by atoms with Crippen LogP contribution in [0.5, 0.6) is 5.75 Å². The number of benzene rings is 1. The number of hydrogen-bond donors (Lipinski definition) is 0. The minimum atomic E-state index is -0.158. The minimum absolute atomic E-state index is 0.158. The molecule has 2 fully saturated rings. The van der Waals surface area contributed by atoms with Gasteiger partial charge in [0.05, 0.1) is 6.20 Å². The summed E-state index contributed by atoms with van der Waals surface area (Å²) < 4.78 is 7.52. The van der Waals surface area contributed by atoms with E-state index in [0.29, 0.717) is 12.7 Å². The molecule has 0 bridgehead atoms. The van der Waals surface area contributed by atoms with Gasteiger partial charge in [-0.3, -0.25) is 4.79 Å². The molecular formula is C23H30N2O3. The summed E-state index contributed by atoms with van der Waals surface area (Å²) in [4.78, 5) is 19.8. The molecule has 0 radical (unpaired) electrons. The Labute approximate surface area is 166 Å². The number of hydrogen-bond acceptors (Lipinski definition) is 4. The third-order valence-electron chi connectivity index (χ3n) is 5.96. The van der Waals surface area contributed by atoms with Crippen molar-refractivity contribution in [2.24, 2.45) is 0 Å². The second-order valence-electron chi connectivity index (χ2n) is 7.82. The highest BCUT2D eigenvalue weighted by molar-refractivity contribution is 5.63. The summed E-state index contributed by atoms with van der Waals surface area (Å²) in [5, 5.41) is 0. The van der Waals surface area contributed by atoms with Crippen LogP contribution in [-0.4, -0.2) is 41.5 Å². The molecule has 1 saturated carbocycles. The van der Waals surface area contributed by atoms with Gasteiger partial charge in [0.15, 0.2) is 0 Å². The monoisotopic (exact) mass is 382 g/mol. The molecule has 4 rings (SSSR count). The van der Waals surface area contributed by atoms with Crippen LogP contribution >= 0.6 is 0 Å². The van der Waals surface area contributed by atoms with Gasteiger partial charge in [-0.15, -0.1) is 0 Å². The SMILES string of the molecule is CCOn1cc(-c2ccc(OC3CCN(C4CCCC4)CC3)cc2)ccc1=O. The number of pyridine rings is 1. The highest BCUT2D eigenvalue weighted by Crippen LogP contribution is 2.28. The van der Waals surface area contributed by atoms with Gasteiger partial charge in [-0.1, -0.05) is 25.0 Å². The van der Waals surface area contributed by atoms with Crippen LogP contribution in [0.25, 0.3) is 11.1 Å². The lowest BCUT2D eigenvalue weighted by molar-refractivity contribution is 0.0768. The Morgan fingerprint density at radius 2 is 1.61 bits per heavy atom. The molecule has 2 aromatic rings. The zero-order valence-corrected chi connectivity index (χ0v) is 16.7. The van der Waals surface area contributed by atoms with Crippen molar-refractivity contribution < 1.29 is 9.57 Å². The van der Waals surface area contributed by atoms with Crippen molar-refractivity contribution in [1.29, 1.82) is 0 Å². The molecule has 28 heavy (non-hydrogen) atoms. The van der Waals surface area contributed by atoms with Crippen molar-refractivity contribution in [2.75, 3.05) is 19.7 Å². The van der Waals surface area contributed by atoms with Gasteiger partial charge in [0.1, 0.15) is 18.5 Å². The summed E-state index contributed by atoms with van der Waals surface area (Å²) in [6.45, 7) is 4.64. The molecule has 0 N–H and O–H groups in total. The van der Waals surface area contributed by atoms with E-state index in [4.69, 9.17) is 9.57 Å². The quantitative estimate of drug-likeness (QED) is 0.763. The highest BCUT2D eigenvalue weighted by Gasteiger charge is 2.27. The summed E-state index contributed by atoms with van der Waals surface area (Å²) in [6.07, 6.45) is 9.82.